The van der Waals surface area contributed by atoms with Gasteiger partial charge in [-0.15, -0.1) is 0 Å². The van der Waals surface area contributed by atoms with Crippen LogP contribution in [0, 0.1) is 0 Å². The standard InChI is InChI=1S/C21H18F3N3O2/c22-21(23,24)17-4-1-15(2-5-17)20(28)25-18-6-3-14-7-9-27(12-16(14)11-18)13-19-8-10-29-26-19/h1-6,8,10-11H,7,9,12-13H2,(H,25,28). The SMILES string of the molecule is O=C(Nc1ccc2c(c1)CN(Cc1ccon1)CC2)c1ccc(C(F)(F)F)cc1. The Morgan fingerprint density at radius 2 is 1.90 bits per heavy atom. The van der Waals surface area contributed by atoms with Crippen LogP contribution in [0.3, 0.4) is 0 Å². The fourth-order valence-corrected chi connectivity index (χ4v) is 3.39. The number of benzene rings is 2. The van der Waals surface area contributed by atoms with Crippen molar-refractivity contribution in [2.24, 2.45) is 0 Å². The molecular formula is C21H18F3N3O2. The molecule has 0 fully saturated rings. The van der Waals surface area contributed by atoms with E-state index >= 15 is 0 Å². The van der Waals surface area contributed by atoms with E-state index < -0.39 is 17.6 Å². The van der Waals surface area contributed by atoms with Crippen LogP contribution in [0.25, 0.3) is 0 Å². The molecule has 1 amide bonds. The summed E-state index contributed by atoms with van der Waals surface area (Å²) < 4.78 is 42.9. The van der Waals surface area contributed by atoms with Gasteiger partial charge in [-0.05, 0) is 53.9 Å². The van der Waals surface area contributed by atoms with Crippen LogP contribution in [0.15, 0.2) is 59.3 Å². The zero-order chi connectivity index (χ0) is 20.4. The third-order valence-corrected chi connectivity index (χ3v) is 4.91. The van der Waals surface area contributed by atoms with Gasteiger partial charge >= 0.3 is 6.18 Å². The molecule has 4 rings (SSSR count). The van der Waals surface area contributed by atoms with Crippen molar-refractivity contribution in [2.75, 3.05) is 11.9 Å². The smallest absolute Gasteiger partial charge is 0.364 e. The predicted molar refractivity (Wildman–Crippen MR) is 100 cm³/mol. The van der Waals surface area contributed by atoms with Gasteiger partial charge in [0.05, 0.1) is 11.3 Å². The quantitative estimate of drug-likeness (QED) is 0.699. The van der Waals surface area contributed by atoms with Crippen molar-refractivity contribution in [3.63, 3.8) is 0 Å². The molecule has 1 aliphatic heterocycles. The van der Waals surface area contributed by atoms with E-state index in [1.807, 2.05) is 24.3 Å². The molecule has 3 aromatic rings. The lowest BCUT2D eigenvalue weighted by molar-refractivity contribution is -0.137. The molecular weight excluding hydrogens is 383 g/mol. The van der Waals surface area contributed by atoms with E-state index in [0.717, 1.165) is 36.4 Å². The lowest BCUT2D eigenvalue weighted by Crippen LogP contribution is -2.30. The number of hydrogen-bond donors (Lipinski definition) is 1. The molecule has 2 aromatic carbocycles. The van der Waals surface area contributed by atoms with Crippen LogP contribution in [0.2, 0.25) is 0 Å². The monoisotopic (exact) mass is 401 g/mol. The Morgan fingerprint density at radius 1 is 1.10 bits per heavy atom. The molecule has 0 unspecified atom stereocenters. The number of alkyl halides is 3. The second-order valence-corrected chi connectivity index (χ2v) is 6.96. The summed E-state index contributed by atoms with van der Waals surface area (Å²) in [6, 6.07) is 11.7. The molecule has 2 heterocycles. The number of hydrogen-bond acceptors (Lipinski definition) is 4. The average molecular weight is 401 g/mol. The number of rotatable bonds is 4. The Bertz CT molecular complexity index is 999. The fourth-order valence-electron chi connectivity index (χ4n) is 3.39. The minimum atomic E-state index is -4.43. The van der Waals surface area contributed by atoms with E-state index in [2.05, 4.69) is 15.4 Å². The Morgan fingerprint density at radius 3 is 2.59 bits per heavy atom. The number of halogens is 3. The Labute approximate surface area is 165 Å². The van der Waals surface area contributed by atoms with Crippen molar-refractivity contribution < 1.29 is 22.5 Å². The number of anilines is 1. The van der Waals surface area contributed by atoms with E-state index in [4.69, 9.17) is 4.52 Å². The Kier molecular flexibility index (Phi) is 5.10. The molecule has 8 heteroatoms. The summed E-state index contributed by atoms with van der Waals surface area (Å²) in [7, 11) is 0. The summed E-state index contributed by atoms with van der Waals surface area (Å²) in [5.41, 5.74) is 3.18. The molecule has 29 heavy (non-hydrogen) atoms. The molecule has 1 aliphatic rings. The van der Waals surface area contributed by atoms with E-state index in [1.54, 1.807) is 6.26 Å². The van der Waals surface area contributed by atoms with Crippen LogP contribution in [-0.2, 0) is 25.7 Å². The fraction of sp³-hybridized carbons (Fsp3) is 0.238. The summed E-state index contributed by atoms with van der Waals surface area (Å²) in [6.07, 6.45) is -1.99. The molecule has 150 valence electrons. The van der Waals surface area contributed by atoms with Gasteiger partial charge in [-0.3, -0.25) is 9.69 Å². The maximum absolute atomic E-state index is 12.7. The third-order valence-electron chi connectivity index (χ3n) is 4.91. The van der Waals surface area contributed by atoms with Gasteiger partial charge in [-0.2, -0.15) is 13.2 Å². The number of amides is 1. The molecule has 1 N–H and O–H groups in total. The number of carbonyl (C=O) groups excluding carboxylic acids is 1. The number of nitrogens with one attached hydrogen (secondary N) is 1. The summed E-state index contributed by atoms with van der Waals surface area (Å²) in [4.78, 5) is 14.6. The Hall–Kier alpha value is -3.13. The maximum Gasteiger partial charge on any atom is 0.416 e. The molecule has 1 aromatic heterocycles. The summed E-state index contributed by atoms with van der Waals surface area (Å²) >= 11 is 0. The zero-order valence-electron chi connectivity index (χ0n) is 15.4. The molecule has 0 saturated carbocycles. The molecule has 5 nitrogen and oxygen atoms in total. The molecule has 0 aliphatic carbocycles. The zero-order valence-corrected chi connectivity index (χ0v) is 15.4. The van der Waals surface area contributed by atoms with E-state index in [1.165, 1.54) is 17.7 Å². The van der Waals surface area contributed by atoms with Gasteiger partial charge in [0.2, 0.25) is 0 Å². The van der Waals surface area contributed by atoms with Gasteiger partial charge in [0.25, 0.3) is 5.91 Å². The number of nitrogens with zero attached hydrogens (tertiary/aromatic N) is 2. The van der Waals surface area contributed by atoms with E-state index in [-0.39, 0.29) is 5.56 Å². The molecule has 0 atom stereocenters. The van der Waals surface area contributed by atoms with Crippen LogP contribution in [0.5, 0.6) is 0 Å². The maximum atomic E-state index is 12.7. The van der Waals surface area contributed by atoms with Gasteiger partial charge in [-0.25, -0.2) is 0 Å². The van der Waals surface area contributed by atoms with Gasteiger partial charge < -0.3 is 9.84 Å². The van der Waals surface area contributed by atoms with Crippen LogP contribution >= 0.6 is 0 Å². The van der Waals surface area contributed by atoms with Crippen molar-refractivity contribution >= 4 is 11.6 Å². The lowest BCUT2D eigenvalue weighted by atomic mass is 9.99. The van der Waals surface area contributed by atoms with Crippen molar-refractivity contribution in [1.29, 1.82) is 0 Å². The lowest BCUT2D eigenvalue weighted by Gasteiger charge is -2.28. The Balaban J connectivity index is 1.44. The van der Waals surface area contributed by atoms with Crippen LogP contribution < -0.4 is 5.32 Å². The van der Waals surface area contributed by atoms with Gasteiger partial charge in [0.1, 0.15) is 6.26 Å². The number of carbonyl (C=O) groups is 1. The topological polar surface area (TPSA) is 58.4 Å². The van der Waals surface area contributed by atoms with Gasteiger partial charge in [0, 0.05) is 37.0 Å². The van der Waals surface area contributed by atoms with E-state index in [9.17, 15) is 18.0 Å². The normalized spacial score (nSPS) is 14.4. The highest BCUT2D eigenvalue weighted by Gasteiger charge is 2.30. The summed E-state index contributed by atoms with van der Waals surface area (Å²) in [5, 5.41) is 6.69. The number of fused-ring (bicyclic) bond motifs is 1. The van der Waals surface area contributed by atoms with Crippen molar-refractivity contribution in [3.8, 4) is 0 Å². The highest BCUT2D eigenvalue weighted by atomic mass is 19.4. The average Bonchev–Trinajstić information content (AvgIpc) is 3.20. The predicted octanol–water partition coefficient (Wildman–Crippen LogP) is 4.50. The molecule has 0 spiro atoms. The highest BCUT2D eigenvalue weighted by molar-refractivity contribution is 6.04. The van der Waals surface area contributed by atoms with Crippen LogP contribution in [0.1, 0.15) is 32.7 Å². The molecule has 0 saturated heterocycles. The van der Waals surface area contributed by atoms with Crippen molar-refractivity contribution in [2.45, 2.75) is 25.7 Å². The minimum absolute atomic E-state index is 0.170. The van der Waals surface area contributed by atoms with Crippen molar-refractivity contribution in [1.82, 2.24) is 10.1 Å². The first-order valence-electron chi connectivity index (χ1n) is 9.10. The minimum Gasteiger partial charge on any atom is -0.364 e. The van der Waals surface area contributed by atoms with Gasteiger partial charge in [0.15, 0.2) is 0 Å². The first kappa shape index (κ1) is 19.2. The van der Waals surface area contributed by atoms with Crippen LogP contribution in [0.4, 0.5) is 18.9 Å². The summed E-state index contributed by atoms with van der Waals surface area (Å²) in [6.45, 7) is 2.29. The van der Waals surface area contributed by atoms with E-state index in [0.29, 0.717) is 18.8 Å². The third kappa shape index (κ3) is 4.48. The number of aromatic nitrogens is 1. The first-order chi connectivity index (χ1) is 13.9. The molecule has 0 radical (unpaired) electrons. The summed E-state index contributed by atoms with van der Waals surface area (Å²) in [5.74, 6) is -0.450. The molecule has 0 bridgehead atoms. The second kappa shape index (κ2) is 7.71. The highest BCUT2D eigenvalue weighted by Crippen LogP contribution is 2.29. The van der Waals surface area contributed by atoms with Crippen LogP contribution in [-0.4, -0.2) is 22.5 Å². The first-order valence-corrected chi connectivity index (χ1v) is 9.10. The largest absolute Gasteiger partial charge is 0.416 e. The van der Waals surface area contributed by atoms with Crippen molar-refractivity contribution in [3.05, 3.63) is 82.7 Å². The second-order valence-electron chi connectivity index (χ2n) is 6.96. The van der Waals surface area contributed by atoms with Gasteiger partial charge in [-0.1, -0.05) is 11.2 Å².